The van der Waals surface area contributed by atoms with Gasteiger partial charge >= 0.3 is 0 Å². The van der Waals surface area contributed by atoms with Gasteiger partial charge in [0.2, 0.25) is 5.91 Å². The quantitative estimate of drug-likeness (QED) is 0.0204. The maximum Gasteiger partial charge on any atom is 0.220 e. The Morgan fingerprint density at radius 2 is 0.750 bits per heavy atom. The molecule has 0 bridgehead atoms. The molecule has 0 aromatic heterocycles. The Bertz CT molecular complexity index is 1820. The van der Waals surface area contributed by atoms with Gasteiger partial charge in [0.1, 0.15) is 48.8 Å². The Morgan fingerprint density at radius 3 is 1.15 bits per heavy atom. The van der Waals surface area contributed by atoms with Crippen molar-refractivity contribution in [3.05, 3.63) is 72.9 Å². The lowest BCUT2D eigenvalue weighted by Gasteiger charge is -2.46. The van der Waals surface area contributed by atoms with E-state index in [0.29, 0.717) is 6.42 Å². The van der Waals surface area contributed by atoms with E-state index < -0.39 is 86.8 Å². The normalized spacial score (nSPS) is 23.1. The van der Waals surface area contributed by atoms with E-state index in [1.165, 1.54) is 225 Å². The topological polar surface area (TPSA) is 228 Å². The van der Waals surface area contributed by atoms with Crippen molar-refractivity contribution < 1.29 is 64.6 Å². The fourth-order valence-corrected chi connectivity index (χ4v) is 12.4. The summed E-state index contributed by atoms with van der Waals surface area (Å²) in [6.07, 6.45) is 68.2. The molecule has 12 unspecified atom stereocenters. The molecule has 2 aliphatic heterocycles. The third kappa shape index (κ3) is 45.0. The molecule has 0 aromatic rings. The molecule has 536 valence electrons. The van der Waals surface area contributed by atoms with Crippen LogP contribution in [0.2, 0.25) is 0 Å². The van der Waals surface area contributed by atoms with Crippen LogP contribution in [0, 0.1) is 0 Å². The minimum absolute atomic E-state index is 0.236. The summed E-state index contributed by atoms with van der Waals surface area (Å²) in [5.74, 6) is -0.236. The largest absolute Gasteiger partial charge is 0.394 e. The zero-order valence-corrected chi connectivity index (χ0v) is 58.5. The van der Waals surface area contributed by atoms with Crippen molar-refractivity contribution in [2.24, 2.45) is 0 Å². The Balaban J connectivity index is 1.64. The fourth-order valence-electron chi connectivity index (χ4n) is 12.4. The van der Waals surface area contributed by atoms with E-state index in [9.17, 15) is 45.6 Å². The Morgan fingerprint density at radius 1 is 0.402 bits per heavy atom. The Hall–Kier alpha value is -2.57. The first-order valence-electron chi connectivity index (χ1n) is 38.2. The first-order valence-corrected chi connectivity index (χ1v) is 38.2. The minimum Gasteiger partial charge on any atom is -0.394 e. The summed E-state index contributed by atoms with van der Waals surface area (Å²) < 4.78 is 22.9. The second-order valence-electron chi connectivity index (χ2n) is 26.8. The molecule has 0 radical (unpaired) electrons. The number of amides is 1. The highest BCUT2D eigenvalue weighted by atomic mass is 16.7. The molecule has 0 aromatic carbocycles. The predicted octanol–water partition coefficient (Wildman–Crippen LogP) is 16.6. The molecular weight excluding hydrogens is 1160 g/mol. The van der Waals surface area contributed by atoms with Crippen molar-refractivity contribution in [2.45, 2.75) is 396 Å². The minimum atomic E-state index is -1.79. The molecule has 0 aliphatic carbocycles. The van der Waals surface area contributed by atoms with Crippen molar-refractivity contribution in [3.8, 4) is 0 Å². The van der Waals surface area contributed by atoms with Gasteiger partial charge in [-0.05, 0) is 64.2 Å². The van der Waals surface area contributed by atoms with Crippen molar-refractivity contribution in [2.75, 3.05) is 19.8 Å². The summed E-state index contributed by atoms with van der Waals surface area (Å²) in [4.78, 5) is 13.4. The summed E-state index contributed by atoms with van der Waals surface area (Å²) in [6.45, 7) is 2.73. The number of allylic oxidation sites excluding steroid dienone is 11. The predicted molar refractivity (Wildman–Crippen MR) is 378 cm³/mol. The molecule has 2 fully saturated rings. The second-order valence-corrected chi connectivity index (χ2v) is 26.8. The number of carbonyl (C=O) groups is 1. The van der Waals surface area contributed by atoms with Gasteiger partial charge in [-0.3, -0.25) is 4.79 Å². The smallest absolute Gasteiger partial charge is 0.220 e. The average molecular weight is 1300 g/mol. The van der Waals surface area contributed by atoms with Crippen LogP contribution in [-0.2, 0) is 23.7 Å². The molecule has 2 saturated heterocycles. The number of unbranched alkanes of at least 4 members (excludes halogenated alkanes) is 40. The standard InChI is InChI=1S/C78H141NO13/c1-3-5-7-9-11-13-15-17-19-21-23-25-27-29-30-31-32-33-34-35-36-38-40-42-44-46-48-50-52-54-56-58-60-62-70(83)79-66(65-89-77-75(88)73(86)76(69(64-81)91-77)92-78-74(87)72(85)71(84)68(63-80)90-78)67(82)61-59-57-55-53-51-49-47-45-43-41-39-37-28-26-24-22-20-18-16-14-12-10-8-6-4-2/h5,7,11,13,17,19,23,25,29-30,59,61,66-69,71-78,80-82,84-88H,3-4,6,8-10,12,14-16,18,20-22,24,26-28,31-58,60,62-65H2,1-2H3,(H,79,83)/b7-5-,13-11-,19-17-,25-23-,30-29-,61-59+. The van der Waals surface area contributed by atoms with Gasteiger partial charge in [0.05, 0.1) is 32.0 Å². The number of aliphatic hydroxyl groups excluding tert-OH is 8. The number of hydrogen-bond acceptors (Lipinski definition) is 13. The number of ether oxygens (including phenoxy) is 4. The average Bonchev–Trinajstić information content (AvgIpc) is 0.829. The van der Waals surface area contributed by atoms with Crippen LogP contribution in [0.5, 0.6) is 0 Å². The van der Waals surface area contributed by atoms with Crippen LogP contribution in [0.4, 0.5) is 0 Å². The number of hydrogen-bond donors (Lipinski definition) is 9. The molecule has 2 rings (SSSR count). The molecule has 14 heteroatoms. The van der Waals surface area contributed by atoms with E-state index in [1.54, 1.807) is 6.08 Å². The zero-order valence-electron chi connectivity index (χ0n) is 58.5. The molecule has 2 heterocycles. The number of aliphatic hydroxyl groups is 8. The second kappa shape index (κ2) is 62.0. The molecule has 0 saturated carbocycles. The van der Waals surface area contributed by atoms with Crippen LogP contribution in [0.25, 0.3) is 0 Å². The third-order valence-corrected chi connectivity index (χ3v) is 18.4. The zero-order chi connectivity index (χ0) is 66.6. The monoisotopic (exact) mass is 1300 g/mol. The molecule has 2 aliphatic rings. The Kier molecular flexibility index (Phi) is 57.6. The van der Waals surface area contributed by atoms with Gasteiger partial charge in [0.15, 0.2) is 12.6 Å². The summed E-state index contributed by atoms with van der Waals surface area (Å²) in [7, 11) is 0. The summed E-state index contributed by atoms with van der Waals surface area (Å²) in [6, 6.07) is -0.918. The van der Waals surface area contributed by atoms with Crippen molar-refractivity contribution >= 4 is 5.91 Å². The van der Waals surface area contributed by atoms with E-state index in [0.717, 1.165) is 70.6 Å². The van der Waals surface area contributed by atoms with Crippen LogP contribution in [0.15, 0.2) is 72.9 Å². The van der Waals surface area contributed by atoms with E-state index >= 15 is 0 Å². The van der Waals surface area contributed by atoms with Gasteiger partial charge in [-0.25, -0.2) is 0 Å². The fraction of sp³-hybridized carbons (Fsp3) is 0.833. The van der Waals surface area contributed by atoms with Crippen LogP contribution in [-0.4, -0.2) is 140 Å². The first-order chi connectivity index (χ1) is 45.1. The van der Waals surface area contributed by atoms with Gasteiger partial charge in [-0.2, -0.15) is 0 Å². The highest BCUT2D eigenvalue weighted by Crippen LogP contribution is 2.30. The van der Waals surface area contributed by atoms with Crippen molar-refractivity contribution in [1.82, 2.24) is 5.32 Å². The highest BCUT2D eigenvalue weighted by Gasteiger charge is 2.51. The molecule has 1 amide bonds. The lowest BCUT2D eigenvalue weighted by Crippen LogP contribution is -2.65. The Labute approximate surface area is 561 Å². The molecule has 14 nitrogen and oxygen atoms in total. The van der Waals surface area contributed by atoms with Crippen LogP contribution < -0.4 is 5.32 Å². The SMILES string of the molecule is CC/C=C\C/C=C\C/C=C\C/C=C\C/C=C\CCCCCCCCCCCCCCCCCCCC(=O)NC(COC1OC(CO)C(OC2OC(CO)C(O)C(O)C2O)C(O)C1O)C(O)/C=C/CCCCCCCCCCCCCCCCCCCCCCCCC. The molecular formula is C78H141NO13. The number of nitrogens with one attached hydrogen (secondary N) is 1. The molecule has 12 atom stereocenters. The summed E-state index contributed by atoms with van der Waals surface area (Å²) in [5, 5.41) is 87.6. The van der Waals surface area contributed by atoms with Crippen molar-refractivity contribution in [1.29, 1.82) is 0 Å². The third-order valence-electron chi connectivity index (χ3n) is 18.4. The molecule has 0 spiro atoms. The van der Waals surface area contributed by atoms with E-state index in [-0.39, 0.29) is 18.9 Å². The number of carbonyl (C=O) groups excluding carboxylic acids is 1. The van der Waals surface area contributed by atoms with E-state index in [4.69, 9.17) is 18.9 Å². The van der Waals surface area contributed by atoms with Crippen molar-refractivity contribution in [3.63, 3.8) is 0 Å². The summed E-state index contributed by atoms with van der Waals surface area (Å²) >= 11 is 0. The van der Waals surface area contributed by atoms with Gasteiger partial charge in [0, 0.05) is 6.42 Å². The van der Waals surface area contributed by atoms with Gasteiger partial charge in [0.25, 0.3) is 0 Å². The van der Waals surface area contributed by atoms with Crippen LogP contribution in [0.3, 0.4) is 0 Å². The van der Waals surface area contributed by atoms with E-state index in [2.05, 4.69) is 79.9 Å². The highest BCUT2D eigenvalue weighted by molar-refractivity contribution is 5.76. The first kappa shape index (κ1) is 85.5. The van der Waals surface area contributed by atoms with Crippen LogP contribution >= 0.6 is 0 Å². The maximum atomic E-state index is 13.4. The number of rotatable bonds is 63. The van der Waals surface area contributed by atoms with Crippen LogP contribution in [0.1, 0.15) is 322 Å². The molecule has 92 heavy (non-hydrogen) atoms. The molecule has 9 N–H and O–H groups in total. The lowest BCUT2D eigenvalue weighted by molar-refractivity contribution is -0.359. The van der Waals surface area contributed by atoms with Gasteiger partial charge < -0.3 is 65.1 Å². The lowest BCUT2D eigenvalue weighted by atomic mass is 9.97. The summed E-state index contributed by atoms with van der Waals surface area (Å²) in [5.41, 5.74) is 0. The van der Waals surface area contributed by atoms with Gasteiger partial charge in [-0.15, -0.1) is 0 Å². The van der Waals surface area contributed by atoms with Gasteiger partial charge in [-0.1, -0.05) is 324 Å². The maximum absolute atomic E-state index is 13.4. The van der Waals surface area contributed by atoms with E-state index in [1.807, 2.05) is 6.08 Å².